The third-order valence-corrected chi connectivity index (χ3v) is 9.03. The predicted octanol–water partition coefficient (Wildman–Crippen LogP) is 2.14. The molecule has 320 valence electrons. The van der Waals surface area contributed by atoms with Gasteiger partial charge >= 0.3 is 12.1 Å². The first-order chi connectivity index (χ1) is 26.3. The van der Waals surface area contributed by atoms with Crippen LogP contribution in [0.2, 0.25) is 0 Å². The van der Waals surface area contributed by atoms with E-state index in [0.717, 1.165) is 5.56 Å². The number of hydrogen-bond donors (Lipinski definition) is 8. The van der Waals surface area contributed by atoms with Crippen LogP contribution in [-0.2, 0) is 44.8 Å². The topological polar surface area (TPSA) is 229 Å². The van der Waals surface area contributed by atoms with Crippen LogP contribution in [-0.4, -0.2) is 101 Å². The second kappa shape index (κ2) is 22.9. The number of thiol groups is 1. The van der Waals surface area contributed by atoms with Gasteiger partial charge in [-0.2, -0.15) is 25.8 Å². The van der Waals surface area contributed by atoms with Crippen molar-refractivity contribution in [3.63, 3.8) is 0 Å². The molecule has 0 saturated heterocycles. The number of carbonyl (C=O) groups is 8. The van der Waals surface area contributed by atoms with Gasteiger partial charge in [0.15, 0.2) is 0 Å². The van der Waals surface area contributed by atoms with E-state index in [9.17, 15) is 51.5 Å². The van der Waals surface area contributed by atoms with Crippen LogP contribution >= 0.6 is 12.6 Å². The molecular formula is C38H57F3N6O9S. The maximum Gasteiger partial charge on any atom is 0.391 e. The normalized spacial score (nSPS) is 14.9. The summed E-state index contributed by atoms with van der Waals surface area (Å²) in [6, 6.07) is -1.40. The lowest BCUT2D eigenvalue weighted by molar-refractivity contribution is -0.147. The first-order valence-corrected chi connectivity index (χ1v) is 19.1. The van der Waals surface area contributed by atoms with Gasteiger partial charge in [0.25, 0.3) is 0 Å². The maximum atomic E-state index is 14.2. The van der Waals surface area contributed by atoms with E-state index in [1.807, 2.05) is 5.32 Å². The Balaban J connectivity index is 3.43. The molecule has 19 heteroatoms. The number of aldehydes is 1. The van der Waals surface area contributed by atoms with Crippen molar-refractivity contribution in [3.8, 4) is 0 Å². The number of rotatable bonds is 22. The summed E-state index contributed by atoms with van der Waals surface area (Å²) in [7, 11) is 0. The molecule has 0 spiro atoms. The highest BCUT2D eigenvalue weighted by molar-refractivity contribution is 7.80. The minimum atomic E-state index is -4.75. The molecule has 0 aromatic heterocycles. The number of aryl methyl sites for hydroxylation is 1. The first-order valence-electron chi connectivity index (χ1n) is 18.5. The summed E-state index contributed by atoms with van der Waals surface area (Å²) >= 11 is 4.11. The van der Waals surface area contributed by atoms with Gasteiger partial charge in [0.05, 0.1) is 18.9 Å². The second-order valence-electron chi connectivity index (χ2n) is 15.7. The van der Waals surface area contributed by atoms with E-state index in [1.54, 1.807) is 79.7 Å². The Morgan fingerprint density at radius 1 is 0.754 bits per heavy atom. The number of carboxylic acids is 1. The molecule has 1 rings (SSSR count). The Morgan fingerprint density at radius 2 is 1.32 bits per heavy atom. The van der Waals surface area contributed by atoms with Crippen LogP contribution in [0.5, 0.6) is 0 Å². The van der Waals surface area contributed by atoms with Crippen molar-refractivity contribution in [2.24, 2.45) is 17.3 Å². The molecular weight excluding hydrogens is 774 g/mol. The molecule has 0 saturated carbocycles. The number of benzene rings is 1. The fourth-order valence-corrected chi connectivity index (χ4v) is 5.80. The fourth-order valence-electron chi connectivity index (χ4n) is 5.54. The number of alkyl halides is 3. The Bertz CT molecular complexity index is 1590. The predicted molar refractivity (Wildman–Crippen MR) is 208 cm³/mol. The van der Waals surface area contributed by atoms with Crippen molar-refractivity contribution < 1.29 is 56.6 Å². The highest BCUT2D eigenvalue weighted by Gasteiger charge is 2.39. The Morgan fingerprint density at radius 3 is 1.81 bits per heavy atom. The van der Waals surface area contributed by atoms with Gasteiger partial charge in [-0.15, -0.1) is 0 Å². The average molecular weight is 831 g/mol. The van der Waals surface area contributed by atoms with Crippen LogP contribution in [0.25, 0.3) is 0 Å². The van der Waals surface area contributed by atoms with Gasteiger partial charge in [-0.3, -0.25) is 33.6 Å². The van der Waals surface area contributed by atoms with Crippen LogP contribution in [0.3, 0.4) is 0 Å². The van der Waals surface area contributed by atoms with Gasteiger partial charge in [0.2, 0.25) is 35.4 Å². The molecule has 0 bridgehead atoms. The monoisotopic (exact) mass is 830 g/mol. The van der Waals surface area contributed by atoms with E-state index < -0.39 is 114 Å². The van der Waals surface area contributed by atoms with E-state index in [4.69, 9.17) is 5.11 Å². The molecule has 7 N–H and O–H groups in total. The van der Waals surface area contributed by atoms with E-state index in [2.05, 4.69) is 39.2 Å². The molecule has 6 amide bonds. The minimum Gasteiger partial charge on any atom is -0.481 e. The molecule has 0 heterocycles. The van der Waals surface area contributed by atoms with E-state index in [-0.39, 0.29) is 30.8 Å². The maximum absolute atomic E-state index is 14.2. The number of nitrogens with one attached hydrogen (secondary N) is 6. The fraction of sp³-hybridized carbons (Fsp3) is 0.632. The lowest BCUT2D eigenvalue weighted by atomic mass is 9.85. The molecule has 0 aliphatic heterocycles. The molecule has 0 radical (unpaired) electrons. The average Bonchev–Trinajstić information content (AvgIpc) is 3.08. The summed E-state index contributed by atoms with van der Waals surface area (Å²) in [5.41, 5.74) is 0.416. The van der Waals surface area contributed by atoms with Crippen LogP contribution in [0.4, 0.5) is 13.2 Å². The van der Waals surface area contributed by atoms with Crippen molar-refractivity contribution in [2.45, 2.75) is 130 Å². The zero-order valence-electron chi connectivity index (χ0n) is 33.5. The number of hydrogen-bond acceptors (Lipinski definition) is 9. The number of halogens is 3. The molecule has 0 aliphatic carbocycles. The highest BCUT2D eigenvalue weighted by Crippen LogP contribution is 2.23. The molecule has 6 atom stereocenters. The first kappa shape index (κ1) is 50.3. The Kier molecular flexibility index (Phi) is 20.2. The molecule has 1 unspecified atom stereocenters. The van der Waals surface area contributed by atoms with E-state index >= 15 is 0 Å². The summed E-state index contributed by atoms with van der Waals surface area (Å²) in [5, 5.41) is 23.7. The number of aliphatic carboxylic acids is 1. The summed E-state index contributed by atoms with van der Waals surface area (Å²) in [6.45, 7) is 13.4. The molecule has 1 aromatic rings. The van der Waals surface area contributed by atoms with E-state index in [0.29, 0.717) is 5.56 Å². The lowest BCUT2D eigenvalue weighted by Gasteiger charge is -2.34. The highest BCUT2D eigenvalue weighted by atomic mass is 32.1. The van der Waals surface area contributed by atoms with Gasteiger partial charge in [-0.05, 0) is 41.7 Å². The number of amides is 6. The van der Waals surface area contributed by atoms with Crippen molar-refractivity contribution in [1.29, 1.82) is 0 Å². The van der Waals surface area contributed by atoms with Gasteiger partial charge in [-0.1, -0.05) is 72.7 Å². The molecule has 0 fully saturated rings. The molecule has 0 aliphatic rings. The third kappa shape index (κ3) is 18.4. The second-order valence-corrected chi connectivity index (χ2v) is 16.1. The van der Waals surface area contributed by atoms with Crippen molar-refractivity contribution in [2.75, 3.05) is 5.75 Å². The van der Waals surface area contributed by atoms with Gasteiger partial charge in [0, 0.05) is 18.6 Å². The Labute approximate surface area is 336 Å². The molecule has 57 heavy (non-hydrogen) atoms. The quantitative estimate of drug-likeness (QED) is 0.0632. The third-order valence-electron chi connectivity index (χ3n) is 8.66. The van der Waals surface area contributed by atoms with Crippen LogP contribution in [0, 0.1) is 24.2 Å². The standard InChI is InChI=1S/C38H57F3N6O9S/c1-20(2)15-25(32(52)42-24(18-48)17-38(39,40)41)45-36(56)31(37(6,7)8)47-33(53)26(16-23-12-10-9-11-22(23)5)44-35(55)30(21(3)4)46-34(54)27(19-57)43-28(49)13-14-29(50)51/h9-12,18,20-21,24-27,30-31,57H,13-17,19H2,1-8H3,(H,42,52)(H,43,49)(H,44,55)(H,45,56)(H,46,54)(H,47,53)(H,50,51)/t24?,25-,26-,27-,30+,31+/m0/s1. The zero-order chi connectivity index (χ0) is 43.8. The van der Waals surface area contributed by atoms with Crippen LogP contribution < -0.4 is 31.9 Å². The largest absolute Gasteiger partial charge is 0.481 e. The SMILES string of the molecule is Cc1ccccc1C[C@H](NC(=O)[C@H](NC(=O)[C@H](CS)NC(=O)CCC(=O)O)C(C)C)C(=O)N[C@H](C(=O)N[C@@H](CC(C)C)C(=O)NC(C=O)CC(F)(F)F)C(C)(C)C. The number of carbonyl (C=O) groups excluding carboxylic acids is 7. The zero-order valence-corrected chi connectivity index (χ0v) is 34.4. The van der Waals surface area contributed by atoms with Gasteiger partial charge in [0.1, 0.15) is 36.5 Å². The number of carboxylic acid groups (broad SMARTS) is 1. The van der Waals surface area contributed by atoms with E-state index in [1.165, 1.54) is 0 Å². The van der Waals surface area contributed by atoms with Crippen LogP contribution in [0.1, 0.15) is 85.3 Å². The van der Waals surface area contributed by atoms with Crippen molar-refractivity contribution >= 4 is 60.3 Å². The van der Waals surface area contributed by atoms with Crippen LogP contribution in [0.15, 0.2) is 24.3 Å². The smallest absolute Gasteiger partial charge is 0.391 e. The Hall–Kier alpha value is -4.68. The van der Waals surface area contributed by atoms with Crippen molar-refractivity contribution in [1.82, 2.24) is 31.9 Å². The summed E-state index contributed by atoms with van der Waals surface area (Å²) in [5.74, 6) is -7.15. The molecule has 1 aromatic carbocycles. The summed E-state index contributed by atoms with van der Waals surface area (Å²) < 4.78 is 39.0. The lowest BCUT2D eigenvalue weighted by Crippen LogP contribution is -2.62. The molecule has 15 nitrogen and oxygen atoms in total. The summed E-state index contributed by atoms with van der Waals surface area (Å²) in [6.07, 6.45) is -7.34. The minimum absolute atomic E-state index is 0.0195. The van der Waals surface area contributed by atoms with Gasteiger partial charge < -0.3 is 41.8 Å². The van der Waals surface area contributed by atoms with Crippen molar-refractivity contribution in [3.05, 3.63) is 35.4 Å². The van der Waals surface area contributed by atoms with Gasteiger partial charge in [-0.25, -0.2) is 0 Å². The summed E-state index contributed by atoms with van der Waals surface area (Å²) in [4.78, 5) is 103.